The van der Waals surface area contributed by atoms with Gasteiger partial charge in [-0.05, 0) is 26.0 Å². The molecule has 1 N–H and O–H groups in total. The second kappa shape index (κ2) is 5.10. The van der Waals surface area contributed by atoms with Crippen LogP contribution in [0.25, 0.3) is 0 Å². The molecule has 0 saturated heterocycles. The van der Waals surface area contributed by atoms with E-state index in [1.807, 2.05) is 19.9 Å². The van der Waals surface area contributed by atoms with Gasteiger partial charge < -0.3 is 5.32 Å². The molecule has 1 atom stereocenters. The quantitative estimate of drug-likeness (QED) is 0.849. The molecule has 0 aliphatic rings. The van der Waals surface area contributed by atoms with E-state index in [2.05, 4.69) is 20.3 Å². The van der Waals surface area contributed by atoms with Gasteiger partial charge >= 0.3 is 0 Å². The van der Waals surface area contributed by atoms with E-state index in [1.165, 1.54) is 0 Å². The number of halogens is 1. The van der Waals surface area contributed by atoms with Crippen molar-refractivity contribution in [3.8, 4) is 0 Å². The normalized spacial score (nSPS) is 12.2. The average Bonchev–Trinajstić information content (AvgIpc) is 2.34. The number of rotatable bonds is 3. The molecular weight excluding hydrogens is 236 g/mol. The first kappa shape index (κ1) is 11.8. The summed E-state index contributed by atoms with van der Waals surface area (Å²) in [6.07, 6.45) is 5.09. The smallest absolute Gasteiger partial charge is 0.129 e. The van der Waals surface area contributed by atoms with Crippen molar-refractivity contribution in [2.75, 3.05) is 5.32 Å². The third-order valence-corrected chi connectivity index (χ3v) is 2.66. The van der Waals surface area contributed by atoms with Crippen molar-refractivity contribution in [1.82, 2.24) is 15.0 Å². The number of hydrogen-bond donors (Lipinski definition) is 1. The molecule has 2 aromatic rings. The van der Waals surface area contributed by atoms with Crippen molar-refractivity contribution in [3.63, 3.8) is 0 Å². The van der Waals surface area contributed by atoms with Crippen LogP contribution in [0.5, 0.6) is 0 Å². The lowest BCUT2D eigenvalue weighted by Gasteiger charge is -2.15. The Balaban J connectivity index is 2.16. The minimum Gasteiger partial charge on any atom is -0.375 e. The molecule has 0 aliphatic carbocycles. The van der Waals surface area contributed by atoms with Crippen LogP contribution in [0.3, 0.4) is 0 Å². The summed E-state index contributed by atoms with van der Waals surface area (Å²) in [7, 11) is 0. The summed E-state index contributed by atoms with van der Waals surface area (Å²) < 4.78 is 0. The van der Waals surface area contributed by atoms with Crippen LogP contribution in [0, 0.1) is 6.92 Å². The Kier molecular flexibility index (Phi) is 3.54. The Bertz CT molecular complexity index is 501. The number of pyridine rings is 1. The average molecular weight is 249 g/mol. The molecule has 88 valence electrons. The van der Waals surface area contributed by atoms with Crippen LogP contribution in [0.2, 0.25) is 5.15 Å². The van der Waals surface area contributed by atoms with E-state index in [-0.39, 0.29) is 6.04 Å². The van der Waals surface area contributed by atoms with Gasteiger partial charge in [0.15, 0.2) is 0 Å². The zero-order chi connectivity index (χ0) is 12.3. The highest BCUT2D eigenvalue weighted by Gasteiger charge is 2.08. The molecule has 5 heteroatoms. The van der Waals surface area contributed by atoms with E-state index in [1.54, 1.807) is 24.7 Å². The summed E-state index contributed by atoms with van der Waals surface area (Å²) in [5.41, 5.74) is 2.71. The summed E-state index contributed by atoms with van der Waals surface area (Å²) in [4.78, 5) is 12.5. The fourth-order valence-electron chi connectivity index (χ4n) is 1.52. The second-order valence-electron chi connectivity index (χ2n) is 3.76. The van der Waals surface area contributed by atoms with Gasteiger partial charge in [-0.1, -0.05) is 11.6 Å². The number of hydrogen-bond acceptors (Lipinski definition) is 4. The van der Waals surface area contributed by atoms with E-state index in [0.29, 0.717) is 5.15 Å². The van der Waals surface area contributed by atoms with Gasteiger partial charge in [-0.2, -0.15) is 0 Å². The lowest BCUT2D eigenvalue weighted by atomic mass is 10.2. The molecular formula is C12H13ClN4. The number of nitrogens with zero attached hydrogens (tertiary/aromatic N) is 3. The summed E-state index contributed by atoms with van der Waals surface area (Å²) >= 11 is 5.81. The van der Waals surface area contributed by atoms with Crippen LogP contribution in [0.4, 0.5) is 5.69 Å². The monoisotopic (exact) mass is 248 g/mol. The van der Waals surface area contributed by atoms with Crippen LogP contribution in [0.15, 0.2) is 30.7 Å². The second-order valence-corrected chi connectivity index (χ2v) is 4.15. The number of anilines is 1. The number of nitrogens with one attached hydrogen (secondary N) is 1. The minimum atomic E-state index is 0.0744. The van der Waals surface area contributed by atoms with E-state index in [4.69, 9.17) is 11.6 Å². The third-order valence-electron chi connectivity index (χ3n) is 2.45. The predicted octanol–water partition coefficient (Wildman–Crippen LogP) is 3.01. The van der Waals surface area contributed by atoms with Crippen molar-refractivity contribution >= 4 is 17.3 Å². The molecule has 2 rings (SSSR count). The Morgan fingerprint density at radius 3 is 2.76 bits per heavy atom. The molecule has 2 heterocycles. The van der Waals surface area contributed by atoms with Crippen LogP contribution >= 0.6 is 11.6 Å². The molecule has 0 bridgehead atoms. The minimum absolute atomic E-state index is 0.0744. The van der Waals surface area contributed by atoms with E-state index in [0.717, 1.165) is 17.1 Å². The summed E-state index contributed by atoms with van der Waals surface area (Å²) in [5.74, 6) is 0. The van der Waals surface area contributed by atoms with Gasteiger partial charge in [0.25, 0.3) is 0 Å². The molecule has 17 heavy (non-hydrogen) atoms. The Morgan fingerprint density at radius 1 is 1.29 bits per heavy atom. The van der Waals surface area contributed by atoms with Crippen molar-refractivity contribution in [2.24, 2.45) is 0 Å². The highest BCUT2D eigenvalue weighted by atomic mass is 35.5. The Labute approximate surface area is 105 Å². The highest BCUT2D eigenvalue weighted by Crippen LogP contribution is 2.20. The largest absolute Gasteiger partial charge is 0.375 e. The van der Waals surface area contributed by atoms with Gasteiger partial charge in [-0.15, -0.1) is 0 Å². The lowest BCUT2D eigenvalue weighted by Crippen LogP contribution is -2.10. The summed E-state index contributed by atoms with van der Waals surface area (Å²) in [6, 6.07) is 3.75. The van der Waals surface area contributed by atoms with Crippen molar-refractivity contribution < 1.29 is 0 Å². The zero-order valence-electron chi connectivity index (χ0n) is 9.68. The standard InChI is InChI=1S/C12H13ClN4/c1-8-10(3-4-12(13)17-8)16-9(2)11-7-14-5-6-15-11/h3-7,9,16H,1-2H3. The van der Waals surface area contributed by atoms with Gasteiger partial charge in [0.05, 0.1) is 29.3 Å². The molecule has 0 radical (unpaired) electrons. The van der Waals surface area contributed by atoms with Gasteiger partial charge in [-0.25, -0.2) is 4.98 Å². The molecule has 0 saturated carbocycles. The molecule has 0 aromatic carbocycles. The highest BCUT2D eigenvalue weighted by molar-refractivity contribution is 6.29. The first-order valence-electron chi connectivity index (χ1n) is 5.32. The topological polar surface area (TPSA) is 50.7 Å². The fourth-order valence-corrected chi connectivity index (χ4v) is 1.71. The van der Waals surface area contributed by atoms with Gasteiger partial charge in [-0.3, -0.25) is 9.97 Å². The maximum absolute atomic E-state index is 5.81. The Morgan fingerprint density at radius 2 is 2.12 bits per heavy atom. The predicted molar refractivity (Wildman–Crippen MR) is 68.1 cm³/mol. The van der Waals surface area contributed by atoms with Gasteiger partial charge in [0, 0.05) is 12.4 Å². The first-order chi connectivity index (χ1) is 8.16. The van der Waals surface area contributed by atoms with Crippen LogP contribution in [0.1, 0.15) is 24.4 Å². The molecule has 1 unspecified atom stereocenters. The van der Waals surface area contributed by atoms with Crippen molar-refractivity contribution in [3.05, 3.63) is 47.3 Å². The van der Waals surface area contributed by atoms with Crippen LogP contribution in [-0.2, 0) is 0 Å². The molecule has 4 nitrogen and oxygen atoms in total. The maximum atomic E-state index is 5.81. The number of aryl methyl sites for hydroxylation is 1. The van der Waals surface area contributed by atoms with Gasteiger partial charge in [0.2, 0.25) is 0 Å². The van der Waals surface area contributed by atoms with E-state index >= 15 is 0 Å². The van der Waals surface area contributed by atoms with E-state index in [9.17, 15) is 0 Å². The fraction of sp³-hybridized carbons (Fsp3) is 0.250. The maximum Gasteiger partial charge on any atom is 0.129 e. The molecule has 0 amide bonds. The SMILES string of the molecule is Cc1nc(Cl)ccc1NC(C)c1cnccn1. The molecule has 2 aromatic heterocycles. The van der Waals surface area contributed by atoms with E-state index < -0.39 is 0 Å². The summed E-state index contributed by atoms with van der Waals surface area (Å²) in [5, 5.41) is 3.83. The molecule has 0 spiro atoms. The van der Waals surface area contributed by atoms with Gasteiger partial charge in [0.1, 0.15) is 5.15 Å². The van der Waals surface area contributed by atoms with Crippen molar-refractivity contribution in [1.29, 1.82) is 0 Å². The van der Waals surface area contributed by atoms with Crippen LogP contribution < -0.4 is 5.32 Å². The molecule has 0 aliphatic heterocycles. The number of aromatic nitrogens is 3. The van der Waals surface area contributed by atoms with Crippen LogP contribution in [-0.4, -0.2) is 15.0 Å². The first-order valence-corrected chi connectivity index (χ1v) is 5.70. The lowest BCUT2D eigenvalue weighted by molar-refractivity contribution is 0.824. The van der Waals surface area contributed by atoms with Crippen molar-refractivity contribution in [2.45, 2.75) is 19.9 Å². The third kappa shape index (κ3) is 2.91. The Hall–Kier alpha value is -1.68. The summed E-state index contributed by atoms with van der Waals surface area (Å²) in [6.45, 7) is 3.94. The zero-order valence-corrected chi connectivity index (χ0v) is 10.4. The molecule has 0 fully saturated rings.